The summed E-state index contributed by atoms with van der Waals surface area (Å²) < 4.78 is 65.8. The van der Waals surface area contributed by atoms with Gasteiger partial charge in [0.15, 0.2) is 0 Å². The van der Waals surface area contributed by atoms with Crippen LogP contribution in [0.2, 0.25) is 0 Å². The minimum absolute atomic E-state index is 0.0740. The highest BCUT2D eigenvalue weighted by Crippen LogP contribution is 2.27. The molecule has 130 valence electrons. The van der Waals surface area contributed by atoms with Crippen LogP contribution in [0.4, 0.5) is 27.9 Å². The Balaban J connectivity index is 1.96. The van der Waals surface area contributed by atoms with Crippen LogP contribution in [-0.2, 0) is 6.18 Å². The Labute approximate surface area is 133 Å². The Kier molecular flexibility index (Phi) is 5.50. The number of aliphatic hydroxyl groups excluding tert-OH is 1. The molecule has 1 aromatic heterocycles. The zero-order valence-corrected chi connectivity index (χ0v) is 12.0. The van der Waals surface area contributed by atoms with E-state index >= 15 is 0 Å². The first-order valence-electron chi connectivity index (χ1n) is 6.62. The summed E-state index contributed by atoms with van der Waals surface area (Å²) in [5, 5.41) is 12.4. The van der Waals surface area contributed by atoms with E-state index in [9.17, 15) is 27.1 Å². The predicted molar refractivity (Wildman–Crippen MR) is 73.6 cm³/mol. The highest BCUT2D eigenvalue weighted by molar-refractivity contribution is 5.31. The van der Waals surface area contributed by atoms with Gasteiger partial charge in [-0.3, -0.25) is 0 Å². The van der Waals surface area contributed by atoms with Crippen LogP contribution in [0.1, 0.15) is 17.4 Å². The summed E-state index contributed by atoms with van der Waals surface area (Å²) in [6.07, 6.45) is -4.76. The van der Waals surface area contributed by atoms with Gasteiger partial charge in [-0.25, -0.2) is 9.97 Å². The molecule has 2 aromatic rings. The molecule has 5 nitrogen and oxygen atoms in total. The normalized spacial score (nSPS) is 13.0. The van der Waals surface area contributed by atoms with Crippen LogP contribution in [0.3, 0.4) is 0 Å². The number of halogens is 5. The first-order valence-corrected chi connectivity index (χ1v) is 6.62. The number of anilines is 1. The maximum absolute atomic E-state index is 12.5. The van der Waals surface area contributed by atoms with Gasteiger partial charge in [-0.1, -0.05) is 12.1 Å². The molecule has 0 unspecified atom stereocenters. The average Bonchev–Trinajstić information content (AvgIpc) is 2.52. The number of benzene rings is 1. The van der Waals surface area contributed by atoms with Crippen molar-refractivity contribution in [3.63, 3.8) is 0 Å². The van der Waals surface area contributed by atoms with Crippen molar-refractivity contribution in [2.75, 3.05) is 11.9 Å². The van der Waals surface area contributed by atoms with E-state index < -0.39 is 24.6 Å². The molecule has 0 amide bonds. The quantitative estimate of drug-likeness (QED) is 0.784. The number of ether oxygens (including phenoxy) is 1. The van der Waals surface area contributed by atoms with E-state index in [0.717, 1.165) is 12.3 Å². The molecule has 10 heteroatoms. The summed E-state index contributed by atoms with van der Waals surface area (Å²) in [5.41, 5.74) is -0.751. The molecule has 1 heterocycles. The van der Waals surface area contributed by atoms with Gasteiger partial charge in [-0.2, -0.15) is 22.0 Å². The molecule has 2 N–H and O–H groups in total. The van der Waals surface area contributed by atoms with Gasteiger partial charge in [0, 0.05) is 12.7 Å². The topological polar surface area (TPSA) is 67.3 Å². The third kappa shape index (κ3) is 5.01. The van der Waals surface area contributed by atoms with Gasteiger partial charge in [-0.15, -0.1) is 0 Å². The number of hydrogen-bond donors (Lipinski definition) is 2. The van der Waals surface area contributed by atoms with Crippen molar-refractivity contribution in [1.29, 1.82) is 0 Å². The number of aliphatic hydroxyl groups is 1. The molecule has 2 rings (SSSR count). The van der Waals surface area contributed by atoms with Crippen molar-refractivity contribution in [1.82, 2.24) is 9.97 Å². The highest BCUT2D eigenvalue weighted by atomic mass is 19.4. The second-order valence-corrected chi connectivity index (χ2v) is 4.61. The summed E-state index contributed by atoms with van der Waals surface area (Å²) in [5.74, 6) is -0.364. The van der Waals surface area contributed by atoms with Crippen LogP contribution in [0.25, 0.3) is 0 Å². The summed E-state index contributed by atoms with van der Waals surface area (Å²) in [6, 6.07) is 5.93. The molecule has 0 spiro atoms. The van der Waals surface area contributed by atoms with E-state index in [0.29, 0.717) is 5.56 Å². The average molecular weight is 349 g/mol. The van der Waals surface area contributed by atoms with Crippen molar-refractivity contribution in [3.05, 3.63) is 47.8 Å². The summed E-state index contributed by atoms with van der Waals surface area (Å²) >= 11 is 0. The largest absolute Gasteiger partial charge is 0.435 e. The summed E-state index contributed by atoms with van der Waals surface area (Å²) in [4.78, 5) is 6.92. The van der Waals surface area contributed by atoms with Crippen molar-refractivity contribution in [3.8, 4) is 5.75 Å². The SMILES string of the molecule is O[C@@H](CNc1nccc(C(F)(F)F)n1)c1ccc(OC(F)F)cc1. The number of nitrogens with one attached hydrogen (secondary N) is 1. The first kappa shape index (κ1) is 17.9. The van der Waals surface area contributed by atoms with Crippen LogP contribution >= 0.6 is 0 Å². The zero-order valence-electron chi connectivity index (χ0n) is 12.0. The molecule has 0 aliphatic rings. The second-order valence-electron chi connectivity index (χ2n) is 4.61. The summed E-state index contributed by atoms with van der Waals surface area (Å²) in [7, 11) is 0. The predicted octanol–water partition coefficient (Wildman–Crippen LogP) is 3.24. The Bertz CT molecular complexity index is 664. The third-order valence-corrected chi connectivity index (χ3v) is 2.89. The van der Waals surface area contributed by atoms with Crippen molar-refractivity contribution < 1.29 is 31.8 Å². The highest BCUT2D eigenvalue weighted by Gasteiger charge is 2.32. The molecule has 0 bridgehead atoms. The Morgan fingerprint density at radius 3 is 2.38 bits per heavy atom. The first-order chi connectivity index (χ1) is 11.3. The molecule has 0 saturated carbocycles. The summed E-state index contributed by atoms with van der Waals surface area (Å²) in [6.45, 7) is -3.13. The molecule has 1 atom stereocenters. The van der Waals surface area contributed by atoms with Gasteiger partial charge in [0.1, 0.15) is 11.4 Å². The number of hydrogen-bond acceptors (Lipinski definition) is 5. The van der Waals surface area contributed by atoms with Crippen LogP contribution < -0.4 is 10.1 Å². The molecule has 0 aliphatic carbocycles. The zero-order chi connectivity index (χ0) is 17.7. The Hall–Kier alpha value is -2.49. The Morgan fingerprint density at radius 1 is 1.12 bits per heavy atom. The second kappa shape index (κ2) is 7.39. The molecule has 0 fully saturated rings. The van der Waals surface area contributed by atoms with E-state index in [2.05, 4.69) is 20.0 Å². The minimum atomic E-state index is -4.60. The van der Waals surface area contributed by atoms with E-state index in [4.69, 9.17) is 0 Å². The maximum Gasteiger partial charge on any atom is 0.433 e. The maximum atomic E-state index is 12.5. The number of nitrogens with zero attached hydrogens (tertiary/aromatic N) is 2. The van der Waals surface area contributed by atoms with Crippen LogP contribution in [0, 0.1) is 0 Å². The van der Waals surface area contributed by atoms with Crippen LogP contribution in [0.15, 0.2) is 36.5 Å². The van der Waals surface area contributed by atoms with Gasteiger partial charge < -0.3 is 15.2 Å². The molecule has 0 saturated heterocycles. The monoisotopic (exact) mass is 349 g/mol. The fourth-order valence-electron chi connectivity index (χ4n) is 1.78. The lowest BCUT2D eigenvalue weighted by Gasteiger charge is -2.13. The number of rotatable bonds is 6. The van der Waals surface area contributed by atoms with Gasteiger partial charge >= 0.3 is 12.8 Å². The minimum Gasteiger partial charge on any atom is -0.435 e. The molecule has 24 heavy (non-hydrogen) atoms. The van der Waals surface area contributed by atoms with Crippen molar-refractivity contribution in [2.24, 2.45) is 0 Å². The van der Waals surface area contributed by atoms with Crippen molar-refractivity contribution >= 4 is 5.95 Å². The van der Waals surface area contributed by atoms with E-state index in [-0.39, 0.29) is 18.2 Å². The lowest BCUT2D eigenvalue weighted by molar-refractivity contribution is -0.141. The molecule has 0 aliphatic heterocycles. The third-order valence-electron chi connectivity index (χ3n) is 2.89. The van der Waals surface area contributed by atoms with E-state index in [1.807, 2.05) is 0 Å². The smallest absolute Gasteiger partial charge is 0.433 e. The van der Waals surface area contributed by atoms with Crippen LogP contribution in [0.5, 0.6) is 5.75 Å². The standard InChI is InChI=1S/C14H12F5N3O2/c15-12(16)24-9-3-1-8(2-4-9)10(23)7-21-13-20-6-5-11(22-13)14(17,18)19/h1-6,10,12,23H,7H2,(H,20,21,22)/t10-/m0/s1. The number of aromatic nitrogens is 2. The molecular formula is C14H12F5N3O2. The molecular weight excluding hydrogens is 337 g/mol. The van der Waals surface area contributed by atoms with Crippen molar-refractivity contribution in [2.45, 2.75) is 18.9 Å². The van der Waals surface area contributed by atoms with Gasteiger partial charge in [0.25, 0.3) is 0 Å². The lowest BCUT2D eigenvalue weighted by Crippen LogP contribution is -2.16. The fraction of sp³-hybridized carbons (Fsp3) is 0.286. The van der Waals surface area contributed by atoms with Crippen LogP contribution in [-0.4, -0.2) is 28.2 Å². The van der Waals surface area contributed by atoms with Gasteiger partial charge in [0.2, 0.25) is 5.95 Å². The lowest BCUT2D eigenvalue weighted by atomic mass is 10.1. The van der Waals surface area contributed by atoms with Gasteiger partial charge in [0.05, 0.1) is 6.10 Å². The fourth-order valence-corrected chi connectivity index (χ4v) is 1.78. The van der Waals surface area contributed by atoms with Gasteiger partial charge in [-0.05, 0) is 23.8 Å². The Morgan fingerprint density at radius 2 is 1.79 bits per heavy atom. The molecule has 1 aromatic carbocycles. The number of alkyl halides is 5. The molecule has 0 radical (unpaired) electrons. The van der Waals surface area contributed by atoms with E-state index in [1.54, 1.807) is 0 Å². The van der Waals surface area contributed by atoms with E-state index in [1.165, 1.54) is 24.3 Å².